The molecule has 0 spiro atoms. The Morgan fingerprint density at radius 3 is 2.56 bits per heavy atom. The predicted octanol–water partition coefficient (Wildman–Crippen LogP) is 3.36. The summed E-state index contributed by atoms with van der Waals surface area (Å²) >= 11 is 1.56. The highest BCUT2D eigenvalue weighted by atomic mass is 32.1. The molecule has 3 rings (SSSR count). The lowest BCUT2D eigenvalue weighted by molar-refractivity contribution is -0.136. The zero-order valence-electron chi connectivity index (χ0n) is 15.1. The molecule has 1 aromatic rings. The first kappa shape index (κ1) is 18.4. The van der Waals surface area contributed by atoms with E-state index in [0.717, 1.165) is 31.4 Å². The van der Waals surface area contributed by atoms with Crippen LogP contribution in [0.5, 0.6) is 0 Å². The number of hydrogen-bond donors (Lipinski definition) is 1. The number of aromatic nitrogens is 1. The fraction of sp³-hybridized carbons (Fsp3) is 0.737. The van der Waals surface area contributed by atoms with E-state index < -0.39 is 0 Å². The minimum atomic E-state index is 0.0895. The van der Waals surface area contributed by atoms with Crippen molar-refractivity contribution in [3.8, 4) is 0 Å². The first-order valence-corrected chi connectivity index (χ1v) is 10.5. The van der Waals surface area contributed by atoms with Gasteiger partial charge in [0, 0.05) is 30.8 Å². The van der Waals surface area contributed by atoms with Crippen molar-refractivity contribution in [3.63, 3.8) is 0 Å². The maximum Gasteiger partial charge on any atom is 0.225 e. The minimum Gasteiger partial charge on any atom is -0.353 e. The molecule has 0 aromatic carbocycles. The molecular weight excluding hydrogens is 334 g/mol. The van der Waals surface area contributed by atoms with Crippen molar-refractivity contribution in [1.82, 2.24) is 15.2 Å². The molecule has 5 nitrogen and oxygen atoms in total. The van der Waals surface area contributed by atoms with E-state index in [-0.39, 0.29) is 23.8 Å². The second kappa shape index (κ2) is 8.79. The third-order valence-electron chi connectivity index (χ3n) is 5.65. The average Bonchev–Trinajstić information content (AvgIpc) is 3.29. The van der Waals surface area contributed by atoms with Crippen molar-refractivity contribution in [2.24, 2.45) is 11.8 Å². The summed E-state index contributed by atoms with van der Waals surface area (Å²) in [6.07, 6.45) is 9.23. The van der Waals surface area contributed by atoms with Gasteiger partial charge in [0.2, 0.25) is 11.8 Å². The molecule has 1 aromatic heterocycles. The van der Waals surface area contributed by atoms with Crippen molar-refractivity contribution < 1.29 is 9.59 Å². The highest BCUT2D eigenvalue weighted by Crippen LogP contribution is 2.29. The lowest BCUT2D eigenvalue weighted by Gasteiger charge is -2.31. The highest BCUT2D eigenvalue weighted by Gasteiger charge is 2.29. The van der Waals surface area contributed by atoms with Gasteiger partial charge in [0.25, 0.3) is 0 Å². The second-order valence-electron chi connectivity index (χ2n) is 7.64. The summed E-state index contributed by atoms with van der Waals surface area (Å²) in [5.41, 5.74) is 2.75. The number of thiazole rings is 1. The van der Waals surface area contributed by atoms with E-state index in [1.807, 2.05) is 12.4 Å². The van der Waals surface area contributed by atoms with Gasteiger partial charge < -0.3 is 10.2 Å². The Morgan fingerprint density at radius 2 is 1.92 bits per heavy atom. The number of carbonyl (C=O) groups excluding carboxylic acids is 2. The van der Waals surface area contributed by atoms with E-state index in [1.165, 1.54) is 25.7 Å². The van der Waals surface area contributed by atoms with Gasteiger partial charge in [-0.05, 0) is 44.4 Å². The molecular formula is C19H29N3O2S. The normalized spacial score (nSPS) is 24.2. The summed E-state index contributed by atoms with van der Waals surface area (Å²) in [6, 6.07) is 0.252. The monoisotopic (exact) mass is 363 g/mol. The van der Waals surface area contributed by atoms with Crippen LogP contribution in [-0.2, 0) is 16.1 Å². The average molecular weight is 364 g/mol. The van der Waals surface area contributed by atoms with Crippen LogP contribution in [0.4, 0.5) is 0 Å². The number of hydrogen-bond acceptors (Lipinski definition) is 4. The first-order chi connectivity index (χ1) is 12.1. The lowest BCUT2D eigenvalue weighted by Crippen LogP contribution is -2.41. The van der Waals surface area contributed by atoms with E-state index in [9.17, 15) is 9.59 Å². The zero-order valence-corrected chi connectivity index (χ0v) is 15.9. The van der Waals surface area contributed by atoms with E-state index >= 15 is 0 Å². The number of amides is 2. The fourth-order valence-electron chi connectivity index (χ4n) is 4.20. The van der Waals surface area contributed by atoms with Gasteiger partial charge in [0.1, 0.15) is 0 Å². The van der Waals surface area contributed by atoms with Gasteiger partial charge in [-0.25, -0.2) is 4.98 Å². The summed E-state index contributed by atoms with van der Waals surface area (Å²) in [7, 11) is 1.86. The van der Waals surface area contributed by atoms with Crippen LogP contribution in [0.25, 0.3) is 0 Å². The maximum atomic E-state index is 12.6. The summed E-state index contributed by atoms with van der Waals surface area (Å²) in [5.74, 6) is 1.11. The molecule has 2 aliphatic rings. The molecule has 138 valence electrons. The van der Waals surface area contributed by atoms with Gasteiger partial charge in [-0.2, -0.15) is 0 Å². The molecule has 2 aliphatic carbocycles. The molecule has 0 saturated heterocycles. The second-order valence-corrected chi connectivity index (χ2v) is 8.36. The molecule has 2 fully saturated rings. The van der Waals surface area contributed by atoms with Crippen molar-refractivity contribution in [2.75, 3.05) is 7.05 Å². The van der Waals surface area contributed by atoms with Crippen molar-refractivity contribution in [1.29, 1.82) is 0 Å². The Kier molecular flexibility index (Phi) is 6.45. The van der Waals surface area contributed by atoms with Crippen LogP contribution >= 0.6 is 11.3 Å². The van der Waals surface area contributed by atoms with E-state index in [2.05, 4.69) is 10.3 Å². The van der Waals surface area contributed by atoms with Crippen LogP contribution in [0.15, 0.2) is 10.9 Å². The van der Waals surface area contributed by atoms with Crippen LogP contribution in [0.3, 0.4) is 0 Å². The molecule has 0 radical (unpaired) electrons. The molecule has 0 atom stereocenters. The standard InChI is InChI=1S/C19H29N3O2S/c1-22(11-17-12-25-13-20-17)19(24)15-6-8-16(9-7-15)21-18(23)10-14-4-2-3-5-14/h12-16H,2-11H2,1H3,(H,21,23). The van der Waals surface area contributed by atoms with E-state index in [4.69, 9.17) is 0 Å². The number of nitrogens with zero attached hydrogens (tertiary/aromatic N) is 2. The van der Waals surface area contributed by atoms with Gasteiger partial charge in [-0.3, -0.25) is 9.59 Å². The maximum absolute atomic E-state index is 12.6. The summed E-state index contributed by atoms with van der Waals surface area (Å²) in [6.45, 7) is 0.584. The summed E-state index contributed by atoms with van der Waals surface area (Å²) in [5, 5.41) is 5.19. The smallest absolute Gasteiger partial charge is 0.225 e. The SMILES string of the molecule is CN(Cc1cscn1)C(=O)C1CCC(NC(=O)CC2CCCC2)CC1. The first-order valence-electron chi connectivity index (χ1n) is 9.53. The molecule has 25 heavy (non-hydrogen) atoms. The van der Waals surface area contributed by atoms with E-state index in [0.29, 0.717) is 18.9 Å². The van der Waals surface area contributed by atoms with Gasteiger partial charge >= 0.3 is 0 Å². The predicted molar refractivity (Wildman–Crippen MR) is 99.1 cm³/mol. The van der Waals surface area contributed by atoms with Crippen LogP contribution < -0.4 is 5.32 Å². The Balaban J connectivity index is 1.38. The van der Waals surface area contributed by atoms with Crippen molar-refractivity contribution in [2.45, 2.75) is 70.4 Å². The minimum absolute atomic E-state index is 0.0895. The summed E-state index contributed by atoms with van der Waals surface area (Å²) < 4.78 is 0. The molecule has 1 N–H and O–H groups in total. The third kappa shape index (κ3) is 5.27. The van der Waals surface area contributed by atoms with Gasteiger partial charge in [0.15, 0.2) is 0 Å². The molecule has 0 unspecified atom stereocenters. The molecule has 2 saturated carbocycles. The van der Waals surface area contributed by atoms with Crippen molar-refractivity contribution >= 4 is 23.2 Å². The Hall–Kier alpha value is -1.43. The largest absolute Gasteiger partial charge is 0.353 e. The number of nitrogens with one attached hydrogen (secondary N) is 1. The topological polar surface area (TPSA) is 62.3 Å². The lowest BCUT2D eigenvalue weighted by atomic mass is 9.85. The van der Waals surface area contributed by atoms with Gasteiger partial charge in [-0.1, -0.05) is 12.8 Å². The van der Waals surface area contributed by atoms with Crippen LogP contribution in [0.1, 0.15) is 63.5 Å². The quantitative estimate of drug-likeness (QED) is 0.843. The zero-order chi connectivity index (χ0) is 17.6. The molecule has 6 heteroatoms. The Labute approximate surface area is 154 Å². The van der Waals surface area contributed by atoms with Crippen molar-refractivity contribution in [3.05, 3.63) is 16.6 Å². The highest BCUT2D eigenvalue weighted by molar-refractivity contribution is 7.07. The molecule has 0 aliphatic heterocycles. The molecule has 0 bridgehead atoms. The third-order valence-corrected chi connectivity index (χ3v) is 6.28. The van der Waals surface area contributed by atoms with Gasteiger partial charge in [0.05, 0.1) is 17.7 Å². The number of carbonyl (C=O) groups is 2. The van der Waals surface area contributed by atoms with Gasteiger partial charge in [-0.15, -0.1) is 11.3 Å². The Morgan fingerprint density at radius 1 is 1.20 bits per heavy atom. The fourth-order valence-corrected chi connectivity index (χ4v) is 4.75. The number of rotatable bonds is 6. The molecule has 2 amide bonds. The van der Waals surface area contributed by atoms with E-state index in [1.54, 1.807) is 21.7 Å². The summed E-state index contributed by atoms with van der Waals surface area (Å²) in [4.78, 5) is 30.8. The van der Waals surface area contributed by atoms with Crippen LogP contribution in [0.2, 0.25) is 0 Å². The van der Waals surface area contributed by atoms with Crippen LogP contribution in [-0.4, -0.2) is 34.8 Å². The molecule has 1 heterocycles. The Bertz CT molecular complexity index is 561. The van der Waals surface area contributed by atoms with Crippen LogP contribution in [0, 0.1) is 11.8 Å².